The van der Waals surface area contributed by atoms with Crippen molar-refractivity contribution in [1.82, 2.24) is 10.2 Å². The molecule has 0 atom stereocenters. The van der Waals surface area contributed by atoms with Crippen LogP contribution in [0.5, 0.6) is 0 Å². The van der Waals surface area contributed by atoms with Crippen molar-refractivity contribution in [2.24, 2.45) is 11.1 Å². The van der Waals surface area contributed by atoms with Crippen molar-refractivity contribution in [3.63, 3.8) is 0 Å². The van der Waals surface area contributed by atoms with Crippen LogP contribution in [0.15, 0.2) is 24.3 Å². The van der Waals surface area contributed by atoms with Gasteiger partial charge in [0.1, 0.15) is 0 Å². The van der Waals surface area contributed by atoms with Gasteiger partial charge in [0.15, 0.2) is 0 Å². The molecule has 0 aromatic heterocycles. The van der Waals surface area contributed by atoms with E-state index in [1.54, 1.807) is 0 Å². The molecule has 0 unspecified atom stereocenters. The highest BCUT2D eigenvalue weighted by molar-refractivity contribution is 6.30. The number of halogens is 1. The first-order valence-electron chi connectivity index (χ1n) is 9.26. The van der Waals surface area contributed by atoms with E-state index >= 15 is 0 Å². The summed E-state index contributed by atoms with van der Waals surface area (Å²) in [5.41, 5.74) is 6.61. The minimum atomic E-state index is -0.411. The number of carbonyl (C=O) groups excluding carboxylic acids is 1. The molecule has 0 radical (unpaired) electrons. The van der Waals surface area contributed by atoms with Crippen LogP contribution in [0.2, 0.25) is 5.02 Å². The zero-order chi connectivity index (χ0) is 18.3. The molecule has 2 rings (SSSR count). The summed E-state index contributed by atoms with van der Waals surface area (Å²) in [5, 5.41) is 3.86. The van der Waals surface area contributed by atoms with E-state index in [-0.39, 0.29) is 5.91 Å². The van der Waals surface area contributed by atoms with Gasteiger partial charge in [0, 0.05) is 56.5 Å². The highest BCUT2D eigenvalue weighted by Crippen LogP contribution is 2.25. The third-order valence-corrected chi connectivity index (χ3v) is 5.72. The standard InChI is InChI=1S/C19H31ClN4O/c1-3-19(4-2,15-21)18(25)22-8-9-23-10-12-24(13-11-23)17-7-5-6-16(20)14-17/h5-7,14H,3-4,8-13,15,21H2,1-2H3,(H,22,25). The lowest BCUT2D eigenvalue weighted by Gasteiger charge is -2.36. The molecule has 0 saturated carbocycles. The topological polar surface area (TPSA) is 61.6 Å². The predicted octanol–water partition coefficient (Wildman–Crippen LogP) is 2.34. The maximum atomic E-state index is 12.4. The first-order valence-corrected chi connectivity index (χ1v) is 9.63. The second kappa shape index (κ2) is 9.41. The first kappa shape index (κ1) is 20.0. The van der Waals surface area contributed by atoms with Crippen molar-refractivity contribution >= 4 is 23.2 Å². The number of anilines is 1. The van der Waals surface area contributed by atoms with E-state index in [0.29, 0.717) is 13.1 Å². The van der Waals surface area contributed by atoms with Crippen molar-refractivity contribution < 1.29 is 4.79 Å². The summed E-state index contributed by atoms with van der Waals surface area (Å²) in [5.74, 6) is 0.0950. The molecule has 1 aliphatic rings. The second-order valence-corrected chi connectivity index (χ2v) is 7.19. The number of benzene rings is 1. The number of carbonyl (C=O) groups is 1. The molecule has 1 aliphatic heterocycles. The second-order valence-electron chi connectivity index (χ2n) is 6.76. The van der Waals surface area contributed by atoms with Crippen LogP contribution < -0.4 is 16.0 Å². The fourth-order valence-electron chi connectivity index (χ4n) is 3.37. The van der Waals surface area contributed by atoms with E-state index in [1.807, 2.05) is 32.0 Å². The van der Waals surface area contributed by atoms with E-state index in [2.05, 4.69) is 21.2 Å². The van der Waals surface area contributed by atoms with Crippen molar-refractivity contribution in [3.05, 3.63) is 29.3 Å². The number of hydrogen-bond acceptors (Lipinski definition) is 4. The van der Waals surface area contributed by atoms with Crippen molar-refractivity contribution in [2.75, 3.05) is 50.7 Å². The SMILES string of the molecule is CCC(CC)(CN)C(=O)NCCN1CCN(c2cccc(Cl)c2)CC1. The molecule has 0 spiro atoms. The summed E-state index contributed by atoms with van der Waals surface area (Å²) < 4.78 is 0. The van der Waals surface area contributed by atoms with Crippen LogP contribution >= 0.6 is 11.6 Å². The lowest BCUT2D eigenvalue weighted by atomic mass is 9.81. The van der Waals surface area contributed by atoms with Gasteiger partial charge in [0.05, 0.1) is 5.41 Å². The van der Waals surface area contributed by atoms with Crippen molar-refractivity contribution in [3.8, 4) is 0 Å². The van der Waals surface area contributed by atoms with Crippen LogP contribution in [0.3, 0.4) is 0 Å². The maximum absolute atomic E-state index is 12.4. The molecular formula is C19H31ClN4O. The summed E-state index contributed by atoms with van der Waals surface area (Å²) >= 11 is 6.08. The van der Waals surface area contributed by atoms with Gasteiger partial charge in [-0.05, 0) is 31.0 Å². The molecule has 140 valence electrons. The van der Waals surface area contributed by atoms with E-state index in [0.717, 1.165) is 50.6 Å². The summed E-state index contributed by atoms with van der Waals surface area (Å²) in [4.78, 5) is 17.2. The fourth-order valence-corrected chi connectivity index (χ4v) is 3.55. The third kappa shape index (κ3) is 5.09. The molecule has 1 aromatic carbocycles. The predicted molar refractivity (Wildman–Crippen MR) is 105 cm³/mol. The molecule has 6 heteroatoms. The van der Waals surface area contributed by atoms with Gasteiger partial charge in [-0.2, -0.15) is 0 Å². The van der Waals surface area contributed by atoms with Gasteiger partial charge >= 0.3 is 0 Å². The smallest absolute Gasteiger partial charge is 0.227 e. The van der Waals surface area contributed by atoms with Crippen LogP contribution in [-0.4, -0.2) is 56.6 Å². The van der Waals surface area contributed by atoms with E-state index in [4.69, 9.17) is 17.3 Å². The summed E-state index contributed by atoms with van der Waals surface area (Å²) in [6, 6.07) is 8.01. The Bertz CT molecular complexity index is 546. The minimum absolute atomic E-state index is 0.0950. The number of nitrogens with two attached hydrogens (primary N) is 1. The van der Waals surface area contributed by atoms with Gasteiger partial charge in [-0.25, -0.2) is 0 Å². The number of amides is 1. The van der Waals surface area contributed by atoms with Gasteiger partial charge < -0.3 is 16.0 Å². The van der Waals surface area contributed by atoms with Crippen molar-refractivity contribution in [2.45, 2.75) is 26.7 Å². The Morgan fingerprint density at radius 3 is 2.48 bits per heavy atom. The van der Waals surface area contributed by atoms with Gasteiger partial charge in [-0.3, -0.25) is 9.69 Å². The number of hydrogen-bond donors (Lipinski definition) is 2. The average molecular weight is 367 g/mol. The Morgan fingerprint density at radius 1 is 1.24 bits per heavy atom. The molecule has 1 aromatic rings. The van der Waals surface area contributed by atoms with E-state index < -0.39 is 5.41 Å². The Labute approximate surface area is 156 Å². The zero-order valence-corrected chi connectivity index (χ0v) is 16.2. The molecule has 1 fully saturated rings. The molecule has 25 heavy (non-hydrogen) atoms. The highest BCUT2D eigenvalue weighted by Gasteiger charge is 2.33. The molecule has 5 nitrogen and oxygen atoms in total. The van der Waals surface area contributed by atoms with Crippen LogP contribution in [0.25, 0.3) is 0 Å². The van der Waals surface area contributed by atoms with Crippen LogP contribution in [0, 0.1) is 5.41 Å². The molecule has 1 amide bonds. The molecule has 3 N–H and O–H groups in total. The lowest BCUT2D eigenvalue weighted by Crippen LogP contribution is -2.50. The molecular weight excluding hydrogens is 336 g/mol. The molecule has 1 saturated heterocycles. The number of piperazine rings is 1. The molecule has 0 bridgehead atoms. The monoisotopic (exact) mass is 366 g/mol. The first-order chi connectivity index (χ1) is 12.0. The average Bonchev–Trinajstić information content (AvgIpc) is 2.64. The quantitative estimate of drug-likeness (QED) is 0.741. The Balaban J connectivity index is 1.74. The normalized spacial score (nSPS) is 16.1. The Hall–Kier alpha value is -1.30. The zero-order valence-electron chi connectivity index (χ0n) is 15.4. The van der Waals surface area contributed by atoms with E-state index in [1.165, 1.54) is 5.69 Å². The van der Waals surface area contributed by atoms with Crippen LogP contribution in [-0.2, 0) is 4.79 Å². The molecule has 0 aliphatic carbocycles. The van der Waals surface area contributed by atoms with Gasteiger partial charge in [-0.15, -0.1) is 0 Å². The van der Waals surface area contributed by atoms with Crippen molar-refractivity contribution in [1.29, 1.82) is 0 Å². The lowest BCUT2D eigenvalue weighted by molar-refractivity contribution is -0.131. The van der Waals surface area contributed by atoms with Gasteiger partial charge in [0.2, 0.25) is 5.91 Å². The number of rotatable bonds is 8. The largest absolute Gasteiger partial charge is 0.369 e. The minimum Gasteiger partial charge on any atom is -0.369 e. The summed E-state index contributed by atoms with van der Waals surface area (Å²) in [6.45, 7) is 9.97. The Morgan fingerprint density at radius 2 is 1.92 bits per heavy atom. The van der Waals surface area contributed by atoms with Gasteiger partial charge in [-0.1, -0.05) is 31.5 Å². The number of nitrogens with one attached hydrogen (secondary N) is 1. The maximum Gasteiger partial charge on any atom is 0.227 e. The van der Waals surface area contributed by atoms with Gasteiger partial charge in [0.25, 0.3) is 0 Å². The molecule has 1 heterocycles. The summed E-state index contributed by atoms with van der Waals surface area (Å²) in [6.07, 6.45) is 1.56. The fraction of sp³-hybridized carbons (Fsp3) is 0.632. The Kier molecular flexibility index (Phi) is 7.54. The van der Waals surface area contributed by atoms with Crippen LogP contribution in [0.1, 0.15) is 26.7 Å². The summed E-state index contributed by atoms with van der Waals surface area (Å²) in [7, 11) is 0. The highest BCUT2D eigenvalue weighted by atomic mass is 35.5. The third-order valence-electron chi connectivity index (χ3n) is 5.49. The van der Waals surface area contributed by atoms with E-state index in [9.17, 15) is 4.79 Å². The number of nitrogens with zero attached hydrogens (tertiary/aromatic N) is 2. The van der Waals surface area contributed by atoms with Crippen LogP contribution in [0.4, 0.5) is 5.69 Å².